The minimum atomic E-state index is -0.476. The quantitative estimate of drug-likeness (QED) is 0.472. The Morgan fingerprint density at radius 1 is 0.788 bits per heavy atom. The highest BCUT2D eigenvalue weighted by Gasteiger charge is 2.17. The molecule has 1 atom stereocenters. The molecule has 3 aromatic rings. The average molecular weight is 444 g/mol. The van der Waals surface area contributed by atoms with Gasteiger partial charge in [0, 0.05) is 30.3 Å². The summed E-state index contributed by atoms with van der Waals surface area (Å²) in [6.45, 7) is 2.45. The van der Waals surface area contributed by atoms with Crippen molar-refractivity contribution in [2.75, 3.05) is 13.6 Å². The van der Waals surface area contributed by atoms with Gasteiger partial charge in [-0.05, 0) is 78.8 Å². The summed E-state index contributed by atoms with van der Waals surface area (Å²) in [7, 11) is 1.61. The van der Waals surface area contributed by atoms with Crippen molar-refractivity contribution in [3.63, 3.8) is 0 Å². The topological polar surface area (TPSA) is 101 Å². The predicted molar refractivity (Wildman–Crippen MR) is 129 cm³/mol. The number of carbonyl (C=O) groups is 3. The molecule has 0 radical (unpaired) electrons. The summed E-state index contributed by atoms with van der Waals surface area (Å²) < 4.78 is 0. The van der Waals surface area contributed by atoms with Gasteiger partial charge in [-0.25, -0.2) is 0 Å². The van der Waals surface area contributed by atoms with Crippen molar-refractivity contribution in [1.29, 1.82) is 0 Å². The second-order valence-electron chi connectivity index (χ2n) is 7.93. The van der Waals surface area contributed by atoms with E-state index in [2.05, 4.69) is 10.6 Å². The summed E-state index contributed by atoms with van der Waals surface area (Å²) in [4.78, 5) is 36.1. The van der Waals surface area contributed by atoms with Gasteiger partial charge in [0.2, 0.25) is 5.91 Å². The maximum Gasteiger partial charge on any atom is 0.251 e. The number of benzene rings is 3. The Labute approximate surface area is 194 Å². The van der Waals surface area contributed by atoms with Crippen LogP contribution in [0.5, 0.6) is 0 Å². The lowest BCUT2D eigenvalue weighted by molar-refractivity contribution is 0.0950. The maximum absolute atomic E-state index is 12.3. The van der Waals surface area contributed by atoms with Crippen molar-refractivity contribution >= 4 is 17.7 Å². The molecule has 33 heavy (non-hydrogen) atoms. The minimum Gasteiger partial charge on any atom is -0.366 e. The number of hydrogen-bond donors (Lipinski definition) is 3. The number of carbonyl (C=O) groups excluding carboxylic acids is 3. The summed E-state index contributed by atoms with van der Waals surface area (Å²) >= 11 is 0. The van der Waals surface area contributed by atoms with Gasteiger partial charge in [0.05, 0.1) is 0 Å². The van der Waals surface area contributed by atoms with Crippen LogP contribution in [-0.2, 0) is 12.8 Å². The highest BCUT2D eigenvalue weighted by atomic mass is 16.2. The van der Waals surface area contributed by atoms with E-state index in [-0.39, 0.29) is 17.7 Å². The summed E-state index contributed by atoms with van der Waals surface area (Å²) in [5.41, 5.74) is 10.2. The monoisotopic (exact) mass is 443 g/mol. The molecule has 0 aliphatic heterocycles. The van der Waals surface area contributed by atoms with E-state index >= 15 is 0 Å². The van der Waals surface area contributed by atoms with E-state index in [0.717, 1.165) is 16.7 Å². The summed E-state index contributed by atoms with van der Waals surface area (Å²) in [6.07, 6.45) is 1.30. The van der Waals surface area contributed by atoms with Gasteiger partial charge in [-0.15, -0.1) is 0 Å². The SMILES string of the molecule is CCNC(=O)c1cccc(CC(Cc2cccc(C(=O)NC)c2)c2cccc(C(N)=O)c2)c1. The first-order valence-electron chi connectivity index (χ1n) is 11.0. The van der Waals surface area contributed by atoms with Crippen LogP contribution in [0.3, 0.4) is 0 Å². The lowest BCUT2D eigenvalue weighted by Gasteiger charge is -2.19. The van der Waals surface area contributed by atoms with E-state index in [0.29, 0.717) is 36.1 Å². The van der Waals surface area contributed by atoms with Gasteiger partial charge in [-0.1, -0.05) is 36.4 Å². The van der Waals surface area contributed by atoms with Crippen molar-refractivity contribution < 1.29 is 14.4 Å². The molecule has 6 heteroatoms. The average Bonchev–Trinajstić information content (AvgIpc) is 2.83. The van der Waals surface area contributed by atoms with Crippen molar-refractivity contribution in [3.05, 3.63) is 106 Å². The van der Waals surface area contributed by atoms with Crippen LogP contribution in [0.25, 0.3) is 0 Å². The first-order valence-corrected chi connectivity index (χ1v) is 11.0. The molecule has 6 nitrogen and oxygen atoms in total. The second-order valence-corrected chi connectivity index (χ2v) is 7.93. The molecule has 0 aliphatic rings. The van der Waals surface area contributed by atoms with Gasteiger partial charge in [0.25, 0.3) is 11.8 Å². The van der Waals surface area contributed by atoms with Crippen molar-refractivity contribution in [2.24, 2.45) is 5.73 Å². The fourth-order valence-corrected chi connectivity index (χ4v) is 3.91. The van der Waals surface area contributed by atoms with Crippen LogP contribution in [0, 0.1) is 0 Å². The molecule has 0 aromatic heterocycles. The zero-order valence-electron chi connectivity index (χ0n) is 18.9. The van der Waals surface area contributed by atoms with Gasteiger partial charge < -0.3 is 16.4 Å². The molecule has 3 rings (SSSR count). The number of hydrogen-bond acceptors (Lipinski definition) is 3. The van der Waals surface area contributed by atoms with E-state index < -0.39 is 5.91 Å². The van der Waals surface area contributed by atoms with Crippen LogP contribution >= 0.6 is 0 Å². The summed E-state index contributed by atoms with van der Waals surface area (Å²) in [6, 6.07) is 22.4. The van der Waals surface area contributed by atoms with Gasteiger partial charge in [-0.3, -0.25) is 14.4 Å². The highest BCUT2D eigenvalue weighted by molar-refractivity contribution is 5.95. The van der Waals surface area contributed by atoms with Crippen LogP contribution < -0.4 is 16.4 Å². The molecule has 0 bridgehead atoms. The van der Waals surface area contributed by atoms with Crippen LogP contribution in [0.2, 0.25) is 0 Å². The minimum absolute atomic E-state index is 0.00808. The molecule has 3 aromatic carbocycles. The molecule has 0 spiro atoms. The zero-order chi connectivity index (χ0) is 23.8. The number of nitrogens with two attached hydrogens (primary N) is 1. The second kappa shape index (κ2) is 11.1. The number of rotatable bonds is 9. The standard InChI is InChI=1S/C27H29N3O3/c1-3-30-27(33)23-12-5-8-19(14-23)16-24(20-9-6-10-21(17-20)25(28)31)15-18-7-4-11-22(13-18)26(32)29-2/h4-14,17,24H,3,15-16H2,1-2H3,(H2,28,31)(H,29,32)(H,30,33). The molecule has 0 fully saturated rings. The predicted octanol–water partition coefficient (Wildman–Crippen LogP) is 3.46. The van der Waals surface area contributed by atoms with Gasteiger partial charge >= 0.3 is 0 Å². The third-order valence-corrected chi connectivity index (χ3v) is 5.55. The molecule has 0 heterocycles. The normalized spacial score (nSPS) is 11.5. The first-order chi connectivity index (χ1) is 15.9. The van der Waals surface area contributed by atoms with Crippen molar-refractivity contribution in [3.8, 4) is 0 Å². The Bertz CT molecular complexity index is 1160. The summed E-state index contributed by atoms with van der Waals surface area (Å²) in [5.74, 6) is -0.715. The van der Waals surface area contributed by atoms with Crippen molar-refractivity contribution in [2.45, 2.75) is 25.7 Å². The van der Waals surface area contributed by atoms with Crippen LogP contribution in [0.4, 0.5) is 0 Å². The highest BCUT2D eigenvalue weighted by Crippen LogP contribution is 2.27. The third-order valence-electron chi connectivity index (χ3n) is 5.55. The van der Waals surface area contributed by atoms with Gasteiger partial charge in [0.1, 0.15) is 0 Å². The van der Waals surface area contributed by atoms with Crippen LogP contribution in [0.1, 0.15) is 60.6 Å². The van der Waals surface area contributed by atoms with E-state index in [1.165, 1.54) is 0 Å². The third kappa shape index (κ3) is 6.29. The zero-order valence-corrected chi connectivity index (χ0v) is 18.9. The van der Waals surface area contributed by atoms with Crippen LogP contribution in [-0.4, -0.2) is 31.3 Å². The fraction of sp³-hybridized carbons (Fsp3) is 0.222. The Balaban J connectivity index is 1.96. The fourth-order valence-electron chi connectivity index (χ4n) is 3.91. The molecule has 0 saturated carbocycles. The Morgan fingerprint density at radius 3 is 1.88 bits per heavy atom. The smallest absolute Gasteiger partial charge is 0.251 e. The van der Waals surface area contributed by atoms with Crippen molar-refractivity contribution in [1.82, 2.24) is 10.6 Å². The largest absolute Gasteiger partial charge is 0.366 e. The number of amides is 3. The summed E-state index contributed by atoms with van der Waals surface area (Å²) in [5, 5.41) is 5.48. The van der Waals surface area contributed by atoms with E-state index in [1.54, 1.807) is 25.2 Å². The Hall–Kier alpha value is -3.93. The molecular weight excluding hydrogens is 414 g/mol. The number of primary amides is 1. The molecule has 170 valence electrons. The molecule has 3 amide bonds. The van der Waals surface area contributed by atoms with E-state index in [4.69, 9.17) is 5.73 Å². The van der Waals surface area contributed by atoms with E-state index in [1.807, 2.05) is 61.5 Å². The Morgan fingerprint density at radius 2 is 1.33 bits per heavy atom. The van der Waals surface area contributed by atoms with Gasteiger partial charge in [-0.2, -0.15) is 0 Å². The van der Waals surface area contributed by atoms with Gasteiger partial charge in [0.15, 0.2) is 0 Å². The lowest BCUT2D eigenvalue weighted by atomic mass is 9.85. The van der Waals surface area contributed by atoms with E-state index in [9.17, 15) is 14.4 Å². The number of nitrogens with one attached hydrogen (secondary N) is 2. The molecule has 0 aliphatic carbocycles. The maximum atomic E-state index is 12.3. The van der Waals surface area contributed by atoms with Crippen LogP contribution in [0.15, 0.2) is 72.8 Å². The molecular formula is C27H29N3O3. The lowest BCUT2D eigenvalue weighted by Crippen LogP contribution is -2.22. The molecule has 4 N–H and O–H groups in total. The molecule has 0 saturated heterocycles. The first kappa shape index (κ1) is 23.7. The molecule has 1 unspecified atom stereocenters. The Kier molecular flexibility index (Phi) is 7.97.